The van der Waals surface area contributed by atoms with Gasteiger partial charge in [0.25, 0.3) is 0 Å². The standard InChI is InChI=1S/C19H19FN2O2S2/c1-15-12-18(6-7-19(15)20)26(23,24)22(10-8-17-5-3-11-25-17)14-16-4-2-9-21-13-16/h2-7,9,11-13H,8,10,14H2,1H3. The zero-order chi connectivity index (χ0) is 18.6. The quantitative estimate of drug-likeness (QED) is 0.612. The van der Waals surface area contributed by atoms with Crippen molar-refractivity contribution in [1.29, 1.82) is 0 Å². The number of sulfonamides is 1. The van der Waals surface area contributed by atoms with E-state index in [0.717, 1.165) is 10.4 Å². The van der Waals surface area contributed by atoms with Gasteiger partial charge in [-0.25, -0.2) is 12.8 Å². The van der Waals surface area contributed by atoms with Crippen LogP contribution in [0.3, 0.4) is 0 Å². The van der Waals surface area contributed by atoms with Crippen LogP contribution in [0.2, 0.25) is 0 Å². The van der Waals surface area contributed by atoms with Gasteiger partial charge in [-0.3, -0.25) is 4.98 Å². The van der Waals surface area contributed by atoms with Crippen LogP contribution in [0.5, 0.6) is 0 Å². The molecule has 7 heteroatoms. The normalized spacial score (nSPS) is 11.8. The number of pyridine rings is 1. The third-order valence-corrected chi connectivity index (χ3v) is 6.81. The van der Waals surface area contributed by atoms with E-state index in [0.29, 0.717) is 18.5 Å². The van der Waals surface area contributed by atoms with Gasteiger partial charge in [0, 0.05) is 30.4 Å². The number of nitrogens with zero attached hydrogens (tertiary/aromatic N) is 2. The van der Waals surface area contributed by atoms with Crippen molar-refractivity contribution in [2.45, 2.75) is 24.8 Å². The Morgan fingerprint density at radius 2 is 2.04 bits per heavy atom. The first kappa shape index (κ1) is 18.7. The molecule has 0 fully saturated rings. The number of benzene rings is 1. The molecule has 2 heterocycles. The molecule has 4 nitrogen and oxygen atoms in total. The smallest absolute Gasteiger partial charge is 0.243 e. The molecule has 0 bridgehead atoms. The highest BCUT2D eigenvalue weighted by molar-refractivity contribution is 7.89. The van der Waals surface area contributed by atoms with Crippen LogP contribution in [-0.2, 0) is 23.0 Å². The zero-order valence-corrected chi connectivity index (χ0v) is 15.9. The SMILES string of the molecule is Cc1cc(S(=O)(=O)N(CCc2cccs2)Cc2cccnc2)ccc1F. The van der Waals surface area contributed by atoms with Crippen LogP contribution in [0.15, 0.2) is 65.1 Å². The lowest BCUT2D eigenvalue weighted by Gasteiger charge is -2.22. The van der Waals surface area contributed by atoms with Crippen LogP contribution in [0.4, 0.5) is 4.39 Å². The summed E-state index contributed by atoms with van der Waals surface area (Å²) in [7, 11) is -3.75. The molecule has 0 unspecified atom stereocenters. The number of hydrogen-bond acceptors (Lipinski definition) is 4. The topological polar surface area (TPSA) is 50.3 Å². The van der Waals surface area contributed by atoms with Gasteiger partial charge in [0.15, 0.2) is 0 Å². The van der Waals surface area contributed by atoms with E-state index in [4.69, 9.17) is 0 Å². The highest BCUT2D eigenvalue weighted by atomic mass is 32.2. The summed E-state index contributed by atoms with van der Waals surface area (Å²) in [6.45, 7) is 2.12. The first-order valence-electron chi connectivity index (χ1n) is 8.14. The Morgan fingerprint density at radius 1 is 1.19 bits per heavy atom. The minimum atomic E-state index is -3.75. The van der Waals surface area contributed by atoms with Gasteiger partial charge >= 0.3 is 0 Å². The van der Waals surface area contributed by atoms with Gasteiger partial charge in [0.1, 0.15) is 5.82 Å². The highest BCUT2D eigenvalue weighted by Gasteiger charge is 2.25. The van der Waals surface area contributed by atoms with Gasteiger partial charge in [0.05, 0.1) is 4.90 Å². The summed E-state index contributed by atoms with van der Waals surface area (Å²) in [5.41, 5.74) is 1.12. The molecule has 0 amide bonds. The average molecular weight is 391 g/mol. The van der Waals surface area contributed by atoms with Gasteiger partial charge in [-0.15, -0.1) is 11.3 Å². The Labute approximate surface area is 157 Å². The molecule has 0 atom stereocenters. The fraction of sp³-hybridized carbons (Fsp3) is 0.211. The second-order valence-electron chi connectivity index (χ2n) is 5.94. The van der Waals surface area contributed by atoms with Crippen molar-refractivity contribution < 1.29 is 12.8 Å². The first-order valence-corrected chi connectivity index (χ1v) is 10.5. The number of hydrogen-bond donors (Lipinski definition) is 0. The maximum atomic E-state index is 13.6. The van der Waals surface area contributed by atoms with Crippen molar-refractivity contribution in [1.82, 2.24) is 9.29 Å². The minimum absolute atomic E-state index is 0.103. The minimum Gasteiger partial charge on any atom is -0.264 e. The lowest BCUT2D eigenvalue weighted by molar-refractivity contribution is 0.410. The Kier molecular flexibility index (Phi) is 5.80. The summed E-state index contributed by atoms with van der Waals surface area (Å²) in [5, 5.41) is 1.97. The number of aromatic nitrogens is 1. The van der Waals surface area contributed by atoms with Gasteiger partial charge in [-0.05, 0) is 60.2 Å². The molecule has 0 radical (unpaired) electrons. The fourth-order valence-corrected chi connectivity index (χ4v) is 4.81. The lowest BCUT2D eigenvalue weighted by atomic mass is 10.2. The molecule has 0 saturated carbocycles. The van der Waals surface area contributed by atoms with E-state index in [2.05, 4.69) is 4.98 Å². The second-order valence-corrected chi connectivity index (χ2v) is 8.91. The monoisotopic (exact) mass is 390 g/mol. The Balaban J connectivity index is 1.90. The van der Waals surface area contributed by atoms with Gasteiger partial charge < -0.3 is 0 Å². The summed E-state index contributed by atoms with van der Waals surface area (Å²) >= 11 is 1.60. The van der Waals surface area contributed by atoms with Crippen LogP contribution < -0.4 is 0 Å². The van der Waals surface area contributed by atoms with E-state index in [-0.39, 0.29) is 11.4 Å². The summed E-state index contributed by atoms with van der Waals surface area (Å²) < 4.78 is 41.3. The summed E-state index contributed by atoms with van der Waals surface area (Å²) in [5.74, 6) is -0.415. The molecule has 0 spiro atoms. The van der Waals surface area contributed by atoms with Gasteiger partial charge in [-0.1, -0.05) is 12.1 Å². The van der Waals surface area contributed by atoms with E-state index < -0.39 is 15.8 Å². The number of aryl methyl sites for hydroxylation is 1. The Bertz CT molecular complexity index is 958. The van der Waals surface area contributed by atoms with Crippen molar-refractivity contribution in [3.05, 3.63) is 82.1 Å². The molecular formula is C19H19FN2O2S2. The van der Waals surface area contributed by atoms with E-state index in [1.54, 1.807) is 36.7 Å². The maximum absolute atomic E-state index is 13.6. The summed E-state index contributed by atoms with van der Waals surface area (Å²) in [6.07, 6.45) is 3.93. The van der Waals surface area contributed by atoms with E-state index >= 15 is 0 Å². The largest absolute Gasteiger partial charge is 0.264 e. The van der Waals surface area contributed by atoms with Crippen LogP contribution in [-0.4, -0.2) is 24.3 Å². The number of halogens is 1. The fourth-order valence-electron chi connectivity index (χ4n) is 2.60. The summed E-state index contributed by atoms with van der Waals surface area (Å²) in [6, 6.07) is 11.5. The van der Waals surface area contributed by atoms with Crippen molar-refractivity contribution >= 4 is 21.4 Å². The third-order valence-electron chi connectivity index (χ3n) is 4.04. The number of thiophene rings is 1. The first-order chi connectivity index (χ1) is 12.5. The van der Waals surface area contributed by atoms with Crippen LogP contribution >= 0.6 is 11.3 Å². The van der Waals surface area contributed by atoms with Crippen molar-refractivity contribution in [3.63, 3.8) is 0 Å². The third kappa shape index (κ3) is 4.35. The molecule has 1 aromatic carbocycles. The van der Waals surface area contributed by atoms with Crippen LogP contribution in [0.25, 0.3) is 0 Å². The van der Waals surface area contributed by atoms with E-state index in [1.807, 2.05) is 23.6 Å². The molecule has 3 aromatic rings. The molecule has 3 rings (SSSR count). The van der Waals surface area contributed by atoms with E-state index in [1.165, 1.54) is 22.5 Å². The van der Waals surface area contributed by atoms with E-state index in [9.17, 15) is 12.8 Å². The molecule has 0 N–H and O–H groups in total. The van der Waals surface area contributed by atoms with Crippen molar-refractivity contribution in [3.8, 4) is 0 Å². The van der Waals surface area contributed by atoms with Crippen molar-refractivity contribution in [2.75, 3.05) is 6.54 Å². The Hall–Kier alpha value is -2.09. The maximum Gasteiger partial charge on any atom is 0.243 e. The Morgan fingerprint density at radius 3 is 2.69 bits per heavy atom. The van der Waals surface area contributed by atoms with Gasteiger partial charge in [0.2, 0.25) is 10.0 Å². The molecule has 0 aliphatic heterocycles. The van der Waals surface area contributed by atoms with Crippen LogP contribution in [0.1, 0.15) is 16.0 Å². The molecule has 0 saturated heterocycles. The average Bonchev–Trinajstić information content (AvgIpc) is 3.15. The molecular weight excluding hydrogens is 371 g/mol. The summed E-state index contributed by atoms with van der Waals surface area (Å²) in [4.78, 5) is 5.28. The molecule has 26 heavy (non-hydrogen) atoms. The molecule has 0 aliphatic rings. The number of rotatable bonds is 7. The molecule has 136 valence electrons. The second kappa shape index (κ2) is 8.07. The lowest BCUT2D eigenvalue weighted by Crippen LogP contribution is -2.32. The highest BCUT2D eigenvalue weighted by Crippen LogP contribution is 2.22. The predicted molar refractivity (Wildman–Crippen MR) is 101 cm³/mol. The predicted octanol–water partition coefficient (Wildman–Crippen LogP) is 4.02. The molecule has 0 aliphatic carbocycles. The van der Waals surface area contributed by atoms with Gasteiger partial charge in [-0.2, -0.15) is 4.31 Å². The zero-order valence-electron chi connectivity index (χ0n) is 14.3. The molecule has 2 aromatic heterocycles. The van der Waals surface area contributed by atoms with Crippen LogP contribution in [0, 0.1) is 12.7 Å². The van der Waals surface area contributed by atoms with Crippen molar-refractivity contribution in [2.24, 2.45) is 0 Å².